The number of likely N-dealkylation sites (tertiary alicyclic amines) is 1. The van der Waals surface area contributed by atoms with E-state index < -0.39 is 0 Å². The molecule has 1 unspecified atom stereocenters. The minimum Gasteiger partial charge on any atom is -0.342 e. The zero-order chi connectivity index (χ0) is 15.1. The Morgan fingerprint density at radius 1 is 1.24 bits per heavy atom. The molecule has 2 N–H and O–H groups in total. The molecule has 1 aliphatic heterocycles. The molecule has 0 aliphatic carbocycles. The highest BCUT2D eigenvalue weighted by atomic mass is 16.2. The number of carbonyl (C=O) groups excluding carboxylic acids is 1. The van der Waals surface area contributed by atoms with Crippen molar-refractivity contribution < 1.29 is 4.79 Å². The Bertz CT molecular complexity index is 458. The molecule has 0 radical (unpaired) electrons. The van der Waals surface area contributed by atoms with E-state index in [9.17, 15) is 4.79 Å². The monoisotopic (exact) mass is 288 g/mol. The van der Waals surface area contributed by atoms with Gasteiger partial charge in [0.05, 0.1) is 6.42 Å². The number of benzene rings is 1. The first-order chi connectivity index (χ1) is 10.2. The number of nitrogens with zero attached hydrogens (tertiary/aromatic N) is 1. The Morgan fingerprint density at radius 3 is 2.71 bits per heavy atom. The summed E-state index contributed by atoms with van der Waals surface area (Å²) in [4.78, 5) is 14.6. The van der Waals surface area contributed by atoms with E-state index in [1.54, 1.807) is 0 Å². The zero-order valence-electron chi connectivity index (χ0n) is 13.2. The van der Waals surface area contributed by atoms with Gasteiger partial charge in [-0.2, -0.15) is 0 Å². The van der Waals surface area contributed by atoms with Gasteiger partial charge in [-0.25, -0.2) is 0 Å². The molecule has 1 amide bonds. The van der Waals surface area contributed by atoms with Crippen molar-refractivity contribution >= 4 is 5.91 Å². The Balaban J connectivity index is 1.94. The summed E-state index contributed by atoms with van der Waals surface area (Å²) in [6.45, 7) is 4.59. The lowest BCUT2D eigenvalue weighted by molar-refractivity contribution is -0.130. The van der Waals surface area contributed by atoms with Crippen LogP contribution in [0.5, 0.6) is 0 Å². The molecule has 1 aliphatic rings. The number of rotatable bonds is 5. The highest BCUT2D eigenvalue weighted by molar-refractivity contribution is 5.79. The van der Waals surface area contributed by atoms with Gasteiger partial charge in [0.2, 0.25) is 5.91 Å². The fourth-order valence-corrected chi connectivity index (χ4v) is 3.32. The van der Waals surface area contributed by atoms with Crippen LogP contribution in [0.2, 0.25) is 0 Å². The van der Waals surface area contributed by atoms with E-state index in [1.807, 2.05) is 24.3 Å². The van der Waals surface area contributed by atoms with Gasteiger partial charge >= 0.3 is 0 Å². The maximum Gasteiger partial charge on any atom is 0.227 e. The van der Waals surface area contributed by atoms with Crippen LogP contribution in [-0.4, -0.2) is 23.9 Å². The average Bonchev–Trinajstić information content (AvgIpc) is 2.74. The molecule has 0 spiro atoms. The maximum atomic E-state index is 12.5. The van der Waals surface area contributed by atoms with Crippen molar-refractivity contribution in [1.29, 1.82) is 0 Å². The van der Waals surface area contributed by atoms with Gasteiger partial charge in [-0.15, -0.1) is 0 Å². The highest BCUT2D eigenvalue weighted by Gasteiger charge is 2.20. The first-order valence-electron chi connectivity index (χ1n) is 8.29. The number of hydrogen-bond acceptors (Lipinski definition) is 2. The molecule has 1 atom stereocenters. The molecule has 1 saturated heterocycles. The fourth-order valence-electron chi connectivity index (χ4n) is 3.32. The first-order valence-corrected chi connectivity index (χ1v) is 8.29. The van der Waals surface area contributed by atoms with E-state index in [4.69, 9.17) is 5.73 Å². The lowest BCUT2D eigenvalue weighted by Gasteiger charge is -2.21. The third kappa shape index (κ3) is 4.57. The second kappa shape index (κ2) is 8.18. The molecule has 1 aromatic rings. The number of amides is 1. The minimum atomic E-state index is 0.257. The van der Waals surface area contributed by atoms with Crippen LogP contribution in [0, 0.1) is 5.92 Å². The van der Waals surface area contributed by atoms with Crippen molar-refractivity contribution in [3.05, 3.63) is 35.4 Å². The summed E-state index contributed by atoms with van der Waals surface area (Å²) >= 11 is 0. The molecule has 3 heteroatoms. The standard InChI is InChI=1S/C18H28N2O/c1-2-6-15-7-5-11-20(12-10-15)18(21)13-16-8-3-4-9-17(16)14-19/h3-4,8-9,15H,2,5-7,10-14,19H2,1H3. The molecule has 0 saturated carbocycles. The summed E-state index contributed by atoms with van der Waals surface area (Å²) in [5.74, 6) is 1.07. The lowest BCUT2D eigenvalue weighted by Crippen LogP contribution is -2.33. The van der Waals surface area contributed by atoms with E-state index in [2.05, 4.69) is 11.8 Å². The largest absolute Gasteiger partial charge is 0.342 e. The van der Waals surface area contributed by atoms with Crippen LogP contribution >= 0.6 is 0 Å². The third-order valence-electron chi connectivity index (χ3n) is 4.58. The van der Waals surface area contributed by atoms with Gasteiger partial charge in [0.1, 0.15) is 0 Å². The summed E-state index contributed by atoms with van der Waals surface area (Å²) in [5.41, 5.74) is 7.93. The van der Waals surface area contributed by atoms with Crippen molar-refractivity contribution in [3.63, 3.8) is 0 Å². The molecule has 0 bridgehead atoms. The van der Waals surface area contributed by atoms with Crippen LogP contribution in [0.25, 0.3) is 0 Å². The fraction of sp³-hybridized carbons (Fsp3) is 0.611. The predicted molar refractivity (Wildman–Crippen MR) is 86.9 cm³/mol. The normalized spacial score (nSPS) is 19.3. The summed E-state index contributed by atoms with van der Waals surface area (Å²) in [7, 11) is 0. The summed E-state index contributed by atoms with van der Waals surface area (Å²) in [5, 5.41) is 0. The molecule has 1 heterocycles. The van der Waals surface area contributed by atoms with Crippen molar-refractivity contribution in [2.45, 2.75) is 52.0 Å². The van der Waals surface area contributed by atoms with Gasteiger partial charge in [0, 0.05) is 19.6 Å². The van der Waals surface area contributed by atoms with E-state index in [0.29, 0.717) is 13.0 Å². The van der Waals surface area contributed by atoms with Crippen LogP contribution < -0.4 is 5.73 Å². The minimum absolute atomic E-state index is 0.257. The summed E-state index contributed by atoms with van der Waals surface area (Å²) in [6.07, 6.45) is 6.64. The van der Waals surface area contributed by atoms with Crippen LogP contribution in [0.1, 0.15) is 50.2 Å². The average molecular weight is 288 g/mol. The summed E-state index contributed by atoms with van der Waals surface area (Å²) < 4.78 is 0. The second-order valence-corrected chi connectivity index (χ2v) is 6.12. The van der Waals surface area contributed by atoms with Gasteiger partial charge in [0.25, 0.3) is 0 Å². The molecular formula is C18H28N2O. The second-order valence-electron chi connectivity index (χ2n) is 6.12. The van der Waals surface area contributed by atoms with Crippen LogP contribution in [0.15, 0.2) is 24.3 Å². The number of carbonyl (C=O) groups is 1. The van der Waals surface area contributed by atoms with Crippen molar-refractivity contribution in [3.8, 4) is 0 Å². The SMILES string of the molecule is CCCC1CCCN(C(=O)Cc2ccccc2CN)CC1. The number of nitrogens with two attached hydrogens (primary N) is 1. The highest BCUT2D eigenvalue weighted by Crippen LogP contribution is 2.22. The summed E-state index contributed by atoms with van der Waals surface area (Å²) in [6, 6.07) is 8.01. The first kappa shape index (κ1) is 16.0. The topological polar surface area (TPSA) is 46.3 Å². The lowest BCUT2D eigenvalue weighted by atomic mass is 9.96. The quantitative estimate of drug-likeness (QED) is 0.905. The van der Waals surface area contributed by atoms with Crippen LogP contribution in [-0.2, 0) is 17.8 Å². The number of hydrogen-bond donors (Lipinski definition) is 1. The van der Waals surface area contributed by atoms with E-state index in [0.717, 1.165) is 43.0 Å². The third-order valence-corrected chi connectivity index (χ3v) is 4.58. The van der Waals surface area contributed by atoms with Gasteiger partial charge in [-0.3, -0.25) is 4.79 Å². The Hall–Kier alpha value is -1.35. The Kier molecular flexibility index (Phi) is 6.24. The smallest absolute Gasteiger partial charge is 0.227 e. The van der Waals surface area contributed by atoms with Gasteiger partial charge < -0.3 is 10.6 Å². The van der Waals surface area contributed by atoms with Crippen molar-refractivity contribution in [2.24, 2.45) is 11.7 Å². The zero-order valence-corrected chi connectivity index (χ0v) is 13.2. The molecular weight excluding hydrogens is 260 g/mol. The molecule has 116 valence electrons. The molecule has 2 rings (SSSR count). The van der Waals surface area contributed by atoms with E-state index in [-0.39, 0.29) is 5.91 Å². The van der Waals surface area contributed by atoms with Crippen LogP contribution in [0.4, 0.5) is 0 Å². The molecule has 3 nitrogen and oxygen atoms in total. The van der Waals surface area contributed by atoms with E-state index >= 15 is 0 Å². The molecule has 0 aromatic heterocycles. The van der Waals surface area contributed by atoms with Crippen molar-refractivity contribution in [2.75, 3.05) is 13.1 Å². The van der Waals surface area contributed by atoms with E-state index in [1.165, 1.54) is 19.3 Å². The van der Waals surface area contributed by atoms with Crippen LogP contribution in [0.3, 0.4) is 0 Å². The van der Waals surface area contributed by atoms with Gasteiger partial charge in [-0.05, 0) is 36.3 Å². The predicted octanol–water partition coefficient (Wildman–Crippen LogP) is 3.12. The van der Waals surface area contributed by atoms with Gasteiger partial charge in [-0.1, -0.05) is 44.0 Å². The Morgan fingerprint density at radius 2 is 2.00 bits per heavy atom. The molecule has 1 aromatic carbocycles. The maximum absolute atomic E-state index is 12.5. The van der Waals surface area contributed by atoms with Crippen molar-refractivity contribution in [1.82, 2.24) is 4.90 Å². The van der Waals surface area contributed by atoms with Gasteiger partial charge in [0.15, 0.2) is 0 Å². The molecule has 21 heavy (non-hydrogen) atoms. The Labute approximate surface area is 128 Å². The molecule has 1 fully saturated rings.